The van der Waals surface area contributed by atoms with E-state index in [9.17, 15) is 0 Å². The summed E-state index contributed by atoms with van der Waals surface area (Å²) in [5.74, 6) is 0. The van der Waals surface area contributed by atoms with Crippen LogP contribution in [0.15, 0.2) is 0 Å². The zero-order valence-corrected chi connectivity index (χ0v) is 13.1. The van der Waals surface area contributed by atoms with Crippen molar-refractivity contribution < 1.29 is 0 Å². The predicted octanol–water partition coefficient (Wildman–Crippen LogP) is 3.67. The van der Waals surface area contributed by atoms with E-state index in [1.165, 1.54) is 64.7 Å². The van der Waals surface area contributed by atoms with Crippen molar-refractivity contribution in [3.8, 4) is 0 Å². The van der Waals surface area contributed by atoms with Gasteiger partial charge in [0.2, 0.25) is 0 Å². The summed E-state index contributed by atoms with van der Waals surface area (Å²) in [7, 11) is 0. The van der Waals surface area contributed by atoms with Crippen LogP contribution in [0, 0.1) is 5.41 Å². The molecule has 18 heavy (non-hydrogen) atoms. The van der Waals surface area contributed by atoms with E-state index in [0.29, 0.717) is 5.41 Å². The molecule has 0 aliphatic heterocycles. The van der Waals surface area contributed by atoms with Gasteiger partial charge in [-0.3, -0.25) is 0 Å². The van der Waals surface area contributed by atoms with E-state index in [4.69, 9.17) is 0 Å². The Morgan fingerprint density at radius 3 is 2.56 bits per heavy atom. The van der Waals surface area contributed by atoms with Crippen molar-refractivity contribution in [1.82, 2.24) is 10.2 Å². The van der Waals surface area contributed by atoms with Crippen LogP contribution in [-0.4, -0.2) is 37.1 Å². The van der Waals surface area contributed by atoms with Crippen LogP contribution in [0.1, 0.15) is 66.2 Å². The van der Waals surface area contributed by atoms with Gasteiger partial charge in [0.25, 0.3) is 0 Å². The predicted molar refractivity (Wildman–Crippen MR) is 81.1 cm³/mol. The highest BCUT2D eigenvalue weighted by Gasteiger charge is 2.23. The molecule has 1 rings (SSSR count). The lowest BCUT2D eigenvalue weighted by molar-refractivity contribution is 0.277. The highest BCUT2D eigenvalue weighted by atomic mass is 15.1. The van der Waals surface area contributed by atoms with Crippen LogP contribution in [0.4, 0.5) is 0 Å². The summed E-state index contributed by atoms with van der Waals surface area (Å²) < 4.78 is 0. The second-order valence-corrected chi connectivity index (χ2v) is 6.68. The van der Waals surface area contributed by atoms with Gasteiger partial charge in [0, 0.05) is 19.1 Å². The molecule has 0 bridgehead atoms. The number of hydrogen-bond donors (Lipinski definition) is 1. The first-order valence-electron chi connectivity index (χ1n) is 8.03. The van der Waals surface area contributed by atoms with Crippen LogP contribution >= 0.6 is 0 Å². The molecule has 0 aromatic heterocycles. The summed E-state index contributed by atoms with van der Waals surface area (Å²) in [5.41, 5.74) is 0.577. The third-order valence-corrected chi connectivity index (χ3v) is 4.42. The van der Waals surface area contributed by atoms with Crippen molar-refractivity contribution in [3.63, 3.8) is 0 Å². The highest BCUT2D eigenvalue weighted by molar-refractivity contribution is 4.79. The van der Waals surface area contributed by atoms with Crippen molar-refractivity contribution in [3.05, 3.63) is 0 Å². The first-order chi connectivity index (χ1) is 8.57. The molecule has 0 aromatic carbocycles. The topological polar surface area (TPSA) is 15.3 Å². The molecular formula is C16H34N2. The van der Waals surface area contributed by atoms with E-state index in [1.54, 1.807) is 0 Å². The average Bonchev–Trinajstić information content (AvgIpc) is 2.50. The summed E-state index contributed by atoms with van der Waals surface area (Å²) in [6.45, 7) is 14.2. The van der Waals surface area contributed by atoms with E-state index in [0.717, 1.165) is 6.04 Å². The highest BCUT2D eigenvalue weighted by Crippen LogP contribution is 2.33. The molecule has 0 aromatic rings. The van der Waals surface area contributed by atoms with Crippen molar-refractivity contribution in [2.45, 2.75) is 72.3 Å². The Balaban J connectivity index is 2.19. The molecule has 1 aliphatic rings. The number of likely N-dealkylation sites (N-methyl/N-ethyl adjacent to an activating group) is 1. The van der Waals surface area contributed by atoms with Crippen LogP contribution < -0.4 is 5.32 Å². The normalized spacial score (nSPS) is 24.2. The maximum Gasteiger partial charge on any atom is 0.0107 e. The van der Waals surface area contributed by atoms with Gasteiger partial charge < -0.3 is 10.2 Å². The standard InChI is InChI=1S/C16H34N2/c1-5-13-18(6-2)14-12-17-15-8-7-10-16(3,4)11-9-15/h15,17H,5-14H2,1-4H3. The second-order valence-electron chi connectivity index (χ2n) is 6.68. The zero-order valence-electron chi connectivity index (χ0n) is 13.1. The van der Waals surface area contributed by atoms with Gasteiger partial charge in [0.15, 0.2) is 0 Å². The molecule has 2 nitrogen and oxygen atoms in total. The Morgan fingerprint density at radius 1 is 1.11 bits per heavy atom. The first-order valence-corrected chi connectivity index (χ1v) is 8.03. The third-order valence-electron chi connectivity index (χ3n) is 4.42. The SMILES string of the molecule is CCCN(CC)CCNC1CCCC(C)(C)CC1. The Bertz CT molecular complexity index is 213. The molecule has 1 aliphatic carbocycles. The van der Waals surface area contributed by atoms with Gasteiger partial charge in [-0.2, -0.15) is 0 Å². The molecule has 1 saturated carbocycles. The number of hydrogen-bond acceptors (Lipinski definition) is 2. The minimum atomic E-state index is 0.577. The van der Waals surface area contributed by atoms with Crippen molar-refractivity contribution >= 4 is 0 Å². The third kappa shape index (κ3) is 6.19. The Labute approximate surface area is 115 Å². The fourth-order valence-corrected chi connectivity index (χ4v) is 3.04. The lowest BCUT2D eigenvalue weighted by Crippen LogP contribution is -2.37. The minimum Gasteiger partial charge on any atom is -0.313 e. The molecule has 0 amide bonds. The molecule has 0 radical (unpaired) electrons. The van der Waals surface area contributed by atoms with Crippen molar-refractivity contribution in [2.24, 2.45) is 5.41 Å². The van der Waals surface area contributed by atoms with Crippen LogP contribution in [0.3, 0.4) is 0 Å². The van der Waals surface area contributed by atoms with E-state index >= 15 is 0 Å². The molecular weight excluding hydrogens is 220 g/mol. The molecule has 1 N–H and O–H groups in total. The van der Waals surface area contributed by atoms with Gasteiger partial charge in [-0.05, 0) is 50.6 Å². The van der Waals surface area contributed by atoms with Crippen molar-refractivity contribution in [2.75, 3.05) is 26.2 Å². The maximum absolute atomic E-state index is 3.78. The van der Waals surface area contributed by atoms with Gasteiger partial charge in [-0.1, -0.05) is 34.1 Å². The number of nitrogens with one attached hydrogen (secondary N) is 1. The number of nitrogens with zero attached hydrogens (tertiary/aromatic N) is 1. The van der Waals surface area contributed by atoms with Gasteiger partial charge >= 0.3 is 0 Å². The van der Waals surface area contributed by atoms with E-state index in [-0.39, 0.29) is 0 Å². The lowest BCUT2D eigenvalue weighted by Gasteiger charge is -2.23. The largest absolute Gasteiger partial charge is 0.313 e. The quantitative estimate of drug-likeness (QED) is 0.697. The first kappa shape index (κ1) is 16.0. The molecule has 1 unspecified atom stereocenters. The lowest BCUT2D eigenvalue weighted by atomic mass is 9.85. The van der Waals surface area contributed by atoms with E-state index in [1.807, 2.05) is 0 Å². The maximum atomic E-state index is 3.78. The van der Waals surface area contributed by atoms with Crippen LogP contribution in [0.25, 0.3) is 0 Å². The Kier molecular flexibility index (Phi) is 7.25. The van der Waals surface area contributed by atoms with Crippen LogP contribution in [0.5, 0.6) is 0 Å². The van der Waals surface area contributed by atoms with Gasteiger partial charge in [0.05, 0.1) is 0 Å². The van der Waals surface area contributed by atoms with E-state index < -0.39 is 0 Å². The van der Waals surface area contributed by atoms with Gasteiger partial charge in [0.1, 0.15) is 0 Å². The average molecular weight is 254 g/mol. The Hall–Kier alpha value is -0.0800. The van der Waals surface area contributed by atoms with Crippen molar-refractivity contribution in [1.29, 1.82) is 0 Å². The summed E-state index contributed by atoms with van der Waals surface area (Å²) >= 11 is 0. The second kappa shape index (κ2) is 8.16. The molecule has 1 atom stereocenters. The summed E-state index contributed by atoms with van der Waals surface area (Å²) in [6, 6.07) is 0.770. The van der Waals surface area contributed by atoms with Gasteiger partial charge in [-0.25, -0.2) is 0 Å². The molecule has 0 spiro atoms. The molecule has 0 heterocycles. The fraction of sp³-hybridized carbons (Fsp3) is 1.00. The molecule has 2 heteroatoms. The summed E-state index contributed by atoms with van der Waals surface area (Å²) in [5, 5.41) is 3.78. The Morgan fingerprint density at radius 2 is 1.89 bits per heavy atom. The zero-order chi connectivity index (χ0) is 13.4. The number of rotatable bonds is 7. The summed E-state index contributed by atoms with van der Waals surface area (Å²) in [4.78, 5) is 2.55. The minimum absolute atomic E-state index is 0.577. The fourth-order valence-electron chi connectivity index (χ4n) is 3.04. The molecule has 1 fully saturated rings. The van der Waals surface area contributed by atoms with Crippen LogP contribution in [0.2, 0.25) is 0 Å². The molecule has 0 saturated heterocycles. The monoisotopic (exact) mass is 254 g/mol. The van der Waals surface area contributed by atoms with Crippen LogP contribution in [-0.2, 0) is 0 Å². The summed E-state index contributed by atoms with van der Waals surface area (Å²) in [6.07, 6.45) is 8.21. The van der Waals surface area contributed by atoms with Gasteiger partial charge in [-0.15, -0.1) is 0 Å². The molecule has 108 valence electrons. The van der Waals surface area contributed by atoms with E-state index in [2.05, 4.69) is 37.9 Å². The smallest absolute Gasteiger partial charge is 0.0107 e.